The first-order valence-electron chi connectivity index (χ1n) is 12.6. The van der Waals surface area contributed by atoms with Crippen LogP contribution in [0, 0.1) is 6.92 Å². The van der Waals surface area contributed by atoms with Gasteiger partial charge < -0.3 is 14.5 Å². The maximum atomic E-state index is 13.4. The van der Waals surface area contributed by atoms with Gasteiger partial charge in [-0.05, 0) is 94.1 Å². The molecule has 1 fully saturated rings. The molecule has 3 aromatic rings. The zero-order chi connectivity index (χ0) is 23.7. The van der Waals surface area contributed by atoms with Gasteiger partial charge in [-0.1, -0.05) is 23.8 Å². The number of fused-ring (bicyclic) bond motifs is 2. The summed E-state index contributed by atoms with van der Waals surface area (Å²) in [5.41, 5.74) is 8.32. The lowest BCUT2D eigenvalue weighted by Gasteiger charge is -2.28. The molecule has 1 amide bonds. The predicted octanol–water partition coefficient (Wildman–Crippen LogP) is 4.77. The fourth-order valence-corrected chi connectivity index (χ4v) is 5.22. The third kappa shape index (κ3) is 4.86. The molecule has 1 aromatic heterocycles. The summed E-state index contributed by atoms with van der Waals surface area (Å²) in [4.78, 5) is 22.7. The standard InChI is InChI=1S/C29H35N3O2/c1-20-7-4-10-23(15-20)28-25(17-24-16-21-8-5-9-22(21)18-26(24)30-28)19-32(13-12-31(2)3)29(33)27-11-6-14-34-27/h4,7,10,15-18,27H,5-6,8-9,11-14,19H2,1-3H3. The van der Waals surface area contributed by atoms with Crippen molar-refractivity contribution in [2.24, 2.45) is 0 Å². The minimum absolute atomic E-state index is 0.101. The molecule has 0 bridgehead atoms. The first-order valence-corrected chi connectivity index (χ1v) is 12.6. The molecular formula is C29H35N3O2. The Balaban J connectivity index is 1.57. The van der Waals surface area contributed by atoms with Crippen LogP contribution >= 0.6 is 0 Å². The number of hydrogen-bond acceptors (Lipinski definition) is 4. The first-order chi connectivity index (χ1) is 16.5. The van der Waals surface area contributed by atoms with E-state index < -0.39 is 0 Å². The number of hydrogen-bond donors (Lipinski definition) is 0. The van der Waals surface area contributed by atoms with E-state index in [9.17, 15) is 4.79 Å². The molecule has 0 saturated carbocycles. The molecule has 2 aromatic carbocycles. The van der Waals surface area contributed by atoms with Gasteiger partial charge in [0.05, 0.1) is 11.2 Å². The highest BCUT2D eigenvalue weighted by Crippen LogP contribution is 2.32. The van der Waals surface area contributed by atoms with Crippen LogP contribution in [-0.2, 0) is 28.9 Å². The van der Waals surface area contributed by atoms with Gasteiger partial charge in [0, 0.05) is 37.2 Å². The van der Waals surface area contributed by atoms with Crippen LogP contribution in [0.4, 0.5) is 0 Å². The molecular weight excluding hydrogens is 422 g/mol. The Kier molecular flexibility index (Phi) is 6.66. The van der Waals surface area contributed by atoms with Gasteiger partial charge in [0.25, 0.3) is 5.91 Å². The van der Waals surface area contributed by atoms with E-state index in [1.165, 1.54) is 28.5 Å². The number of benzene rings is 2. The molecule has 34 heavy (non-hydrogen) atoms. The van der Waals surface area contributed by atoms with Gasteiger partial charge in [0.15, 0.2) is 0 Å². The topological polar surface area (TPSA) is 45.7 Å². The number of pyridine rings is 1. The van der Waals surface area contributed by atoms with Crippen LogP contribution in [0.25, 0.3) is 22.2 Å². The van der Waals surface area contributed by atoms with E-state index in [2.05, 4.69) is 54.3 Å². The quantitative estimate of drug-likeness (QED) is 0.513. The van der Waals surface area contributed by atoms with Crippen molar-refractivity contribution in [3.8, 4) is 11.3 Å². The molecule has 1 saturated heterocycles. The summed E-state index contributed by atoms with van der Waals surface area (Å²) >= 11 is 0. The Morgan fingerprint density at radius 1 is 1.06 bits per heavy atom. The van der Waals surface area contributed by atoms with Crippen molar-refractivity contribution in [1.29, 1.82) is 0 Å². The van der Waals surface area contributed by atoms with E-state index in [1.54, 1.807) is 0 Å². The zero-order valence-corrected chi connectivity index (χ0v) is 20.6. The SMILES string of the molecule is Cc1cccc(-c2nc3cc4c(cc3cc2CN(CCN(C)C)C(=O)C2CCCO2)CCC4)c1. The van der Waals surface area contributed by atoms with Crippen molar-refractivity contribution >= 4 is 16.8 Å². The Hall–Kier alpha value is -2.76. The second-order valence-electron chi connectivity index (χ2n) is 10.1. The van der Waals surface area contributed by atoms with Gasteiger partial charge in [-0.15, -0.1) is 0 Å². The van der Waals surface area contributed by atoms with Crippen LogP contribution in [0.15, 0.2) is 42.5 Å². The Morgan fingerprint density at radius 2 is 1.88 bits per heavy atom. The van der Waals surface area contributed by atoms with Crippen LogP contribution in [0.2, 0.25) is 0 Å². The lowest BCUT2D eigenvalue weighted by atomic mass is 9.99. The van der Waals surface area contributed by atoms with Crippen molar-refractivity contribution in [2.45, 2.75) is 51.7 Å². The lowest BCUT2D eigenvalue weighted by Crippen LogP contribution is -2.42. The highest BCUT2D eigenvalue weighted by atomic mass is 16.5. The minimum Gasteiger partial charge on any atom is -0.368 e. The smallest absolute Gasteiger partial charge is 0.252 e. The Morgan fingerprint density at radius 3 is 2.62 bits per heavy atom. The van der Waals surface area contributed by atoms with E-state index in [-0.39, 0.29) is 12.0 Å². The number of nitrogens with zero attached hydrogens (tertiary/aromatic N) is 3. The van der Waals surface area contributed by atoms with Crippen LogP contribution < -0.4 is 0 Å². The molecule has 178 valence electrons. The monoisotopic (exact) mass is 457 g/mol. The lowest BCUT2D eigenvalue weighted by molar-refractivity contribution is -0.141. The number of aryl methyl sites for hydroxylation is 3. The second-order valence-corrected chi connectivity index (χ2v) is 10.1. The molecule has 2 heterocycles. The number of aromatic nitrogens is 1. The molecule has 2 aliphatic rings. The highest BCUT2D eigenvalue weighted by Gasteiger charge is 2.29. The average Bonchev–Trinajstić information content (AvgIpc) is 3.51. The molecule has 1 aliphatic carbocycles. The predicted molar refractivity (Wildman–Crippen MR) is 137 cm³/mol. The highest BCUT2D eigenvalue weighted by molar-refractivity contribution is 5.86. The van der Waals surface area contributed by atoms with Gasteiger partial charge in [-0.2, -0.15) is 0 Å². The van der Waals surface area contributed by atoms with Crippen molar-refractivity contribution < 1.29 is 9.53 Å². The number of ether oxygens (including phenoxy) is 1. The summed E-state index contributed by atoms with van der Waals surface area (Å²) in [7, 11) is 4.09. The Labute approximate surface area is 202 Å². The van der Waals surface area contributed by atoms with E-state index >= 15 is 0 Å². The first kappa shape index (κ1) is 23.0. The zero-order valence-electron chi connectivity index (χ0n) is 20.6. The third-order valence-corrected chi connectivity index (χ3v) is 7.09. The summed E-state index contributed by atoms with van der Waals surface area (Å²) < 4.78 is 5.77. The molecule has 1 aliphatic heterocycles. The Bertz CT molecular complexity index is 1200. The average molecular weight is 458 g/mol. The molecule has 1 unspecified atom stereocenters. The largest absolute Gasteiger partial charge is 0.368 e. The molecule has 0 spiro atoms. The number of carbonyl (C=O) groups is 1. The maximum Gasteiger partial charge on any atom is 0.252 e. The second kappa shape index (κ2) is 9.85. The summed E-state index contributed by atoms with van der Waals surface area (Å²) in [6.45, 7) is 4.81. The molecule has 5 nitrogen and oxygen atoms in total. The van der Waals surface area contributed by atoms with Gasteiger partial charge >= 0.3 is 0 Å². The van der Waals surface area contributed by atoms with Gasteiger partial charge in [-0.3, -0.25) is 4.79 Å². The van der Waals surface area contributed by atoms with E-state index in [4.69, 9.17) is 9.72 Å². The van der Waals surface area contributed by atoms with E-state index in [0.29, 0.717) is 19.7 Å². The molecule has 5 heteroatoms. The summed E-state index contributed by atoms with van der Waals surface area (Å²) in [6, 6.07) is 15.4. The van der Waals surface area contributed by atoms with Crippen LogP contribution in [0.1, 0.15) is 41.5 Å². The van der Waals surface area contributed by atoms with E-state index in [1.807, 2.05) is 19.0 Å². The van der Waals surface area contributed by atoms with Crippen molar-refractivity contribution in [1.82, 2.24) is 14.8 Å². The third-order valence-electron chi connectivity index (χ3n) is 7.09. The number of amides is 1. The molecule has 0 radical (unpaired) electrons. The molecule has 1 atom stereocenters. The van der Waals surface area contributed by atoms with Gasteiger partial charge in [0.2, 0.25) is 0 Å². The van der Waals surface area contributed by atoms with Gasteiger partial charge in [0.1, 0.15) is 6.10 Å². The maximum absolute atomic E-state index is 13.4. The molecule has 0 N–H and O–H groups in total. The van der Waals surface area contributed by atoms with Crippen molar-refractivity contribution in [3.63, 3.8) is 0 Å². The normalized spacial score (nSPS) is 17.5. The summed E-state index contributed by atoms with van der Waals surface area (Å²) in [6.07, 6.45) is 4.95. The number of likely N-dealkylation sites (N-methyl/N-ethyl adjacent to an activating group) is 1. The van der Waals surface area contributed by atoms with Crippen LogP contribution in [0.3, 0.4) is 0 Å². The van der Waals surface area contributed by atoms with Crippen LogP contribution in [-0.4, -0.2) is 60.6 Å². The fraction of sp³-hybridized carbons (Fsp3) is 0.448. The van der Waals surface area contributed by atoms with Crippen LogP contribution in [0.5, 0.6) is 0 Å². The van der Waals surface area contributed by atoms with E-state index in [0.717, 1.165) is 54.6 Å². The minimum atomic E-state index is -0.318. The van der Waals surface area contributed by atoms with Crippen molar-refractivity contribution in [2.75, 3.05) is 33.8 Å². The summed E-state index contributed by atoms with van der Waals surface area (Å²) in [5, 5.41) is 1.17. The number of rotatable bonds is 7. The van der Waals surface area contributed by atoms with Gasteiger partial charge in [-0.25, -0.2) is 4.98 Å². The summed E-state index contributed by atoms with van der Waals surface area (Å²) in [5.74, 6) is 0.101. The fourth-order valence-electron chi connectivity index (χ4n) is 5.22. The molecule has 5 rings (SSSR count). The van der Waals surface area contributed by atoms with Crippen molar-refractivity contribution in [3.05, 3.63) is 64.7 Å². The number of carbonyl (C=O) groups excluding carboxylic acids is 1.